The Morgan fingerprint density at radius 1 is 1.62 bits per heavy atom. The van der Waals surface area contributed by atoms with Crippen molar-refractivity contribution in [2.45, 2.75) is 20.3 Å². The molecule has 0 heterocycles. The summed E-state index contributed by atoms with van der Waals surface area (Å²) in [5.74, 6) is 0. The van der Waals surface area contributed by atoms with Gasteiger partial charge in [0.25, 0.3) is 0 Å². The van der Waals surface area contributed by atoms with E-state index in [1.165, 1.54) is 5.04 Å². The van der Waals surface area contributed by atoms with Gasteiger partial charge >= 0.3 is 0 Å². The SMILES string of the molecule is CCCN=C(C)SC. The standard InChI is InChI=1S/C6H13NS/c1-4-5-7-6(2)8-3/h4-5H2,1-3H3. The molecule has 0 aromatic carbocycles. The zero-order chi connectivity index (χ0) is 6.41. The monoisotopic (exact) mass is 131 g/mol. The van der Waals surface area contributed by atoms with Gasteiger partial charge in [-0.1, -0.05) is 6.92 Å². The maximum atomic E-state index is 4.24. The summed E-state index contributed by atoms with van der Waals surface area (Å²) in [5.41, 5.74) is 0. The smallest absolute Gasteiger partial charge is 0.0642 e. The second-order valence-corrected chi connectivity index (χ2v) is 2.60. The molecule has 0 amide bonds. The predicted octanol–water partition coefficient (Wildman–Crippen LogP) is 2.18. The van der Waals surface area contributed by atoms with Gasteiger partial charge in [0.05, 0.1) is 5.04 Å². The highest BCUT2D eigenvalue weighted by Gasteiger charge is 1.81. The number of hydrogen-bond acceptors (Lipinski definition) is 2. The minimum absolute atomic E-state index is 0.979. The summed E-state index contributed by atoms with van der Waals surface area (Å²) in [4.78, 5) is 4.24. The Bertz CT molecular complexity index is 78.6. The van der Waals surface area contributed by atoms with E-state index in [0.717, 1.165) is 13.0 Å². The van der Waals surface area contributed by atoms with E-state index in [9.17, 15) is 0 Å². The average molecular weight is 131 g/mol. The topological polar surface area (TPSA) is 12.4 Å². The predicted molar refractivity (Wildman–Crippen MR) is 41.8 cm³/mol. The molecule has 0 atom stereocenters. The summed E-state index contributed by atoms with van der Waals surface area (Å²) in [6.07, 6.45) is 3.20. The molecule has 48 valence electrons. The molecule has 0 radical (unpaired) electrons. The van der Waals surface area contributed by atoms with E-state index in [1.807, 2.05) is 6.92 Å². The highest BCUT2D eigenvalue weighted by atomic mass is 32.2. The van der Waals surface area contributed by atoms with Crippen LogP contribution in [0.5, 0.6) is 0 Å². The Morgan fingerprint density at radius 3 is 2.62 bits per heavy atom. The lowest BCUT2D eigenvalue weighted by atomic mass is 10.5. The van der Waals surface area contributed by atoms with Crippen LogP contribution < -0.4 is 0 Å². The fourth-order valence-corrected chi connectivity index (χ4v) is 0.554. The number of aliphatic imine (C=N–C) groups is 1. The molecule has 0 aliphatic carbocycles. The first-order valence-corrected chi connectivity index (χ1v) is 4.08. The van der Waals surface area contributed by atoms with Gasteiger partial charge < -0.3 is 0 Å². The van der Waals surface area contributed by atoms with Crippen molar-refractivity contribution < 1.29 is 0 Å². The minimum atomic E-state index is 0.979. The van der Waals surface area contributed by atoms with E-state index >= 15 is 0 Å². The number of thioether (sulfide) groups is 1. The number of hydrogen-bond donors (Lipinski definition) is 0. The minimum Gasteiger partial charge on any atom is -0.283 e. The van der Waals surface area contributed by atoms with Crippen molar-refractivity contribution >= 4 is 16.8 Å². The molecule has 0 aliphatic rings. The molecule has 0 unspecified atom stereocenters. The summed E-state index contributed by atoms with van der Waals surface area (Å²) in [5, 5.41) is 1.19. The highest BCUT2D eigenvalue weighted by Crippen LogP contribution is 1.96. The van der Waals surface area contributed by atoms with Crippen molar-refractivity contribution in [2.75, 3.05) is 12.8 Å². The molecule has 0 aromatic rings. The maximum Gasteiger partial charge on any atom is 0.0642 e. The van der Waals surface area contributed by atoms with Gasteiger partial charge in [0.15, 0.2) is 0 Å². The van der Waals surface area contributed by atoms with E-state index in [4.69, 9.17) is 0 Å². The van der Waals surface area contributed by atoms with Gasteiger partial charge in [-0.3, -0.25) is 4.99 Å². The van der Waals surface area contributed by atoms with Crippen LogP contribution in [0.2, 0.25) is 0 Å². The molecule has 0 fully saturated rings. The largest absolute Gasteiger partial charge is 0.283 e. The summed E-state index contributed by atoms with van der Waals surface area (Å²) in [6.45, 7) is 5.16. The number of rotatable bonds is 2. The Morgan fingerprint density at radius 2 is 2.25 bits per heavy atom. The second kappa shape index (κ2) is 5.16. The summed E-state index contributed by atoms with van der Waals surface area (Å²) < 4.78 is 0. The first kappa shape index (κ1) is 8.02. The zero-order valence-electron chi connectivity index (χ0n) is 5.77. The third-order valence-corrected chi connectivity index (χ3v) is 1.57. The molecule has 0 saturated carbocycles. The Labute approximate surface area is 55.6 Å². The fraction of sp³-hybridized carbons (Fsp3) is 0.833. The third-order valence-electron chi connectivity index (χ3n) is 0.853. The van der Waals surface area contributed by atoms with Gasteiger partial charge in [-0.25, -0.2) is 0 Å². The van der Waals surface area contributed by atoms with E-state index in [2.05, 4.69) is 18.2 Å². The van der Waals surface area contributed by atoms with Gasteiger partial charge in [0, 0.05) is 6.54 Å². The molecule has 0 aliphatic heterocycles. The lowest BCUT2D eigenvalue weighted by Gasteiger charge is -1.90. The summed E-state index contributed by atoms with van der Waals surface area (Å²) >= 11 is 1.71. The van der Waals surface area contributed by atoms with Crippen molar-refractivity contribution in [3.05, 3.63) is 0 Å². The van der Waals surface area contributed by atoms with Crippen molar-refractivity contribution in [3.8, 4) is 0 Å². The van der Waals surface area contributed by atoms with Crippen molar-refractivity contribution in [1.82, 2.24) is 0 Å². The van der Waals surface area contributed by atoms with Gasteiger partial charge in [-0.2, -0.15) is 0 Å². The van der Waals surface area contributed by atoms with E-state index in [-0.39, 0.29) is 0 Å². The Kier molecular flexibility index (Phi) is 5.18. The highest BCUT2D eigenvalue weighted by molar-refractivity contribution is 8.13. The molecule has 1 nitrogen and oxygen atoms in total. The average Bonchev–Trinajstić information content (AvgIpc) is 1.83. The first-order chi connectivity index (χ1) is 3.81. The first-order valence-electron chi connectivity index (χ1n) is 2.86. The molecule has 0 saturated heterocycles. The van der Waals surface area contributed by atoms with Crippen LogP contribution in [-0.4, -0.2) is 17.8 Å². The Hall–Kier alpha value is 0.0200. The number of nitrogens with zero attached hydrogens (tertiary/aromatic N) is 1. The molecule has 0 rings (SSSR count). The van der Waals surface area contributed by atoms with E-state index in [0.29, 0.717) is 0 Å². The molecule has 0 spiro atoms. The molecular formula is C6H13NS. The fourth-order valence-electron chi connectivity index (χ4n) is 0.334. The van der Waals surface area contributed by atoms with Crippen LogP contribution in [0.1, 0.15) is 20.3 Å². The molecule has 0 bridgehead atoms. The maximum absolute atomic E-state index is 4.24. The van der Waals surface area contributed by atoms with Crippen LogP contribution in [-0.2, 0) is 0 Å². The van der Waals surface area contributed by atoms with E-state index in [1.54, 1.807) is 11.8 Å². The quantitative estimate of drug-likeness (QED) is 0.413. The second-order valence-electron chi connectivity index (χ2n) is 1.60. The van der Waals surface area contributed by atoms with Crippen LogP contribution >= 0.6 is 11.8 Å². The van der Waals surface area contributed by atoms with Gasteiger partial charge in [0.2, 0.25) is 0 Å². The van der Waals surface area contributed by atoms with Crippen molar-refractivity contribution in [2.24, 2.45) is 4.99 Å². The van der Waals surface area contributed by atoms with Gasteiger partial charge in [-0.15, -0.1) is 11.8 Å². The lowest BCUT2D eigenvalue weighted by Crippen LogP contribution is -1.83. The third kappa shape index (κ3) is 4.19. The Balaban J connectivity index is 3.26. The van der Waals surface area contributed by atoms with Gasteiger partial charge in [0.1, 0.15) is 0 Å². The molecule has 0 N–H and O–H groups in total. The summed E-state index contributed by atoms with van der Waals surface area (Å²) in [7, 11) is 0. The van der Waals surface area contributed by atoms with Crippen LogP contribution in [0.4, 0.5) is 0 Å². The van der Waals surface area contributed by atoms with Crippen LogP contribution in [0.15, 0.2) is 4.99 Å². The van der Waals surface area contributed by atoms with Crippen molar-refractivity contribution in [1.29, 1.82) is 0 Å². The lowest BCUT2D eigenvalue weighted by molar-refractivity contribution is 0.935. The summed E-state index contributed by atoms with van der Waals surface area (Å²) in [6, 6.07) is 0. The van der Waals surface area contributed by atoms with Crippen molar-refractivity contribution in [3.63, 3.8) is 0 Å². The molecule has 0 aromatic heterocycles. The zero-order valence-corrected chi connectivity index (χ0v) is 6.59. The van der Waals surface area contributed by atoms with E-state index < -0.39 is 0 Å². The molecule has 2 heteroatoms. The van der Waals surface area contributed by atoms with Gasteiger partial charge in [-0.05, 0) is 19.6 Å². The van der Waals surface area contributed by atoms with Crippen LogP contribution in [0.3, 0.4) is 0 Å². The van der Waals surface area contributed by atoms with Crippen LogP contribution in [0, 0.1) is 0 Å². The molecule has 8 heavy (non-hydrogen) atoms. The normalized spacial score (nSPS) is 12.1. The van der Waals surface area contributed by atoms with Crippen LogP contribution in [0.25, 0.3) is 0 Å². The molecular weight excluding hydrogens is 118 g/mol.